The van der Waals surface area contributed by atoms with Gasteiger partial charge in [0.15, 0.2) is 34.6 Å². The summed E-state index contributed by atoms with van der Waals surface area (Å²) >= 11 is 2.11. The van der Waals surface area contributed by atoms with E-state index in [1.54, 1.807) is 12.5 Å². The predicted octanol–water partition coefficient (Wildman–Crippen LogP) is -15.4. The number of carbonyl (C=O) groups is 4. The Balaban J connectivity index is 0.00000355. The Hall–Kier alpha value is -6.56. The Morgan fingerprint density at radius 2 is 1.03 bits per heavy atom. The molecule has 5 heterocycles. The van der Waals surface area contributed by atoms with E-state index in [1.807, 2.05) is 6.07 Å². The van der Waals surface area contributed by atoms with Gasteiger partial charge in [0.1, 0.15) is 21.7 Å². The molecule has 336 valence electrons. The van der Waals surface area contributed by atoms with Crippen LogP contribution in [0.25, 0.3) is 28.1 Å². The summed E-state index contributed by atoms with van der Waals surface area (Å²) in [6.45, 7) is 10.7. The second kappa shape index (κ2) is 25.2. The molecule has 0 amide bonds. The molecule has 35 heteroatoms. The maximum Gasteiger partial charge on any atom is 1.00 e. The van der Waals surface area contributed by atoms with Gasteiger partial charge in [0.05, 0.1) is 59.2 Å². The summed E-state index contributed by atoms with van der Waals surface area (Å²) in [6.07, 6.45) is 3.23. The smallest absolute Gasteiger partial charge is 0.844 e. The van der Waals surface area contributed by atoms with Gasteiger partial charge in [-0.05, 0) is 50.6 Å². The van der Waals surface area contributed by atoms with Crippen LogP contribution < -0.4 is 131 Å². The van der Waals surface area contributed by atoms with E-state index in [1.165, 1.54) is 26.0 Å². The molecule has 72 heavy (non-hydrogen) atoms. The molecule has 0 fully saturated rings. The first-order valence-electron chi connectivity index (χ1n) is 18.2. The molecule has 2 aromatic carbocycles. The van der Waals surface area contributed by atoms with Crippen molar-refractivity contribution in [3.8, 4) is 35.4 Å². The van der Waals surface area contributed by atoms with Crippen molar-refractivity contribution in [3.63, 3.8) is 0 Å². The van der Waals surface area contributed by atoms with Crippen LogP contribution in [0.2, 0.25) is 0 Å². The van der Waals surface area contributed by atoms with E-state index in [0.717, 1.165) is 66.5 Å². The summed E-state index contributed by atoms with van der Waals surface area (Å²) in [5, 5.41) is 104. The number of nitriles is 1. The number of benzene rings is 2. The molecule has 7 aromatic rings. The number of anilines is 2. The van der Waals surface area contributed by atoms with Gasteiger partial charge >= 0.3 is 94.3 Å². The third-order valence-corrected chi connectivity index (χ3v) is 10.5. The summed E-state index contributed by atoms with van der Waals surface area (Å²) in [7, 11) is 0. The largest absolute Gasteiger partial charge is 1.00 e. The second-order valence-corrected chi connectivity index (χ2v) is 14.7. The SMILES string of the molecule is [C-]#[N+]c1c(SC)nn(-c2ccc(C(=O)[O-])c(C(=O)[O-])c2)c1N=Nc1c(C)nn(-c2nc([O-])nc(-n3nc(C)c(N=Nc4c(C#N)c(SC)nn4-c4ccc(C(=O)[O-])c(C(=O)[O-])c4)c3N)n2)c1N.[Li+].[Li+].[Li+].[Li+].[Li+]. The van der Waals surface area contributed by atoms with Gasteiger partial charge in [-0.2, -0.15) is 40.0 Å². The molecule has 0 spiro atoms. The number of aryl methyl sites for hydroxylation is 2. The van der Waals surface area contributed by atoms with Gasteiger partial charge in [0, 0.05) is 22.3 Å². The maximum absolute atomic E-state index is 12.9. The number of carboxylic acid groups (broad SMARTS) is 4. The number of carboxylic acids is 4. The second-order valence-electron chi connectivity index (χ2n) is 13.1. The molecule has 0 aliphatic carbocycles. The van der Waals surface area contributed by atoms with Crippen LogP contribution in [0.4, 0.5) is 40.3 Å². The van der Waals surface area contributed by atoms with Gasteiger partial charge in [-0.1, -0.05) is 12.1 Å². The Morgan fingerprint density at radius 1 is 0.625 bits per heavy atom. The van der Waals surface area contributed by atoms with Crippen LogP contribution in [0.5, 0.6) is 6.01 Å². The van der Waals surface area contributed by atoms with Crippen molar-refractivity contribution in [2.75, 3.05) is 24.0 Å². The zero-order chi connectivity index (χ0) is 48.6. The van der Waals surface area contributed by atoms with Crippen molar-refractivity contribution >= 4 is 87.7 Å². The average molecular weight is 976 g/mol. The van der Waals surface area contributed by atoms with Crippen LogP contribution in [0.15, 0.2) is 66.9 Å². The zero-order valence-electron chi connectivity index (χ0n) is 39.2. The molecule has 0 atom stereocenters. The Kier molecular flexibility index (Phi) is 21.5. The zero-order valence-corrected chi connectivity index (χ0v) is 40.8. The van der Waals surface area contributed by atoms with Crippen molar-refractivity contribution in [3.05, 3.63) is 87.0 Å². The number of aromatic carboxylic acids is 4. The van der Waals surface area contributed by atoms with Crippen LogP contribution in [0.1, 0.15) is 58.4 Å². The molecule has 0 unspecified atom stereocenters. The summed E-state index contributed by atoms with van der Waals surface area (Å²) in [5.41, 5.74) is 9.82. The van der Waals surface area contributed by atoms with Gasteiger partial charge in [0.2, 0.25) is 0 Å². The van der Waals surface area contributed by atoms with E-state index in [-0.39, 0.29) is 173 Å². The Labute approximate surface area is 472 Å². The van der Waals surface area contributed by atoms with Crippen LogP contribution in [0, 0.1) is 31.8 Å². The summed E-state index contributed by atoms with van der Waals surface area (Å²) < 4.78 is 3.96. The fourth-order valence-electron chi connectivity index (χ4n) is 6.16. The molecule has 0 saturated heterocycles. The third kappa shape index (κ3) is 11.7. The number of aromatic nitrogens is 11. The average Bonchev–Trinajstić information content (AvgIpc) is 4.02. The fraction of sp³-hybridized carbons (Fsp3) is 0.108. The van der Waals surface area contributed by atoms with Gasteiger partial charge in [0.25, 0.3) is 17.6 Å². The molecule has 0 aliphatic heterocycles. The topological polar surface area (TPSA) is 423 Å². The van der Waals surface area contributed by atoms with Crippen LogP contribution in [0.3, 0.4) is 0 Å². The molecular weight excluding hydrogens is 953 g/mol. The van der Waals surface area contributed by atoms with Gasteiger partial charge in [-0.15, -0.1) is 44.0 Å². The van der Waals surface area contributed by atoms with Crippen molar-refractivity contribution < 1.29 is 139 Å². The minimum absolute atomic E-state index is 0. The first-order valence-corrected chi connectivity index (χ1v) is 20.6. The van der Waals surface area contributed by atoms with E-state index in [9.17, 15) is 50.0 Å². The number of nitrogens with zero attached hydrogens (tertiary/aromatic N) is 17. The van der Waals surface area contributed by atoms with Crippen molar-refractivity contribution in [1.82, 2.24) is 54.1 Å². The molecule has 0 aliphatic rings. The fourth-order valence-corrected chi connectivity index (χ4v) is 7.15. The predicted molar refractivity (Wildman–Crippen MR) is 219 cm³/mol. The number of thioether (sulfide) groups is 2. The molecule has 0 bridgehead atoms. The molecule has 28 nitrogen and oxygen atoms in total. The summed E-state index contributed by atoms with van der Waals surface area (Å²) in [6, 6.07) is 7.09. The number of carbonyl (C=O) groups excluding carboxylic acids is 4. The van der Waals surface area contributed by atoms with Crippen molar-refractivity contribution in [2.45, 2.75) is 23.9 Å². The molecular formula is C37H22Li5N19O9S2. The molecule has 0 saturated carbocycles. The number of hydrogen-bond donors (Lipinski definition) is 2. The molecule has 0 radical (unpaired) electrons. The number of nitrogen functional groups attached to an aromatic ring is 2. The molecule has 4 N–H and O–H groups in total. The maximum atomic E-state index is 12.9. The standard InChI is InChI=1S/C37H27N19O9S2.5Li/c1-13-22(45-47-27-21(12-38)29(66-4)51-53(27)15-6-8-17(31(57)58)19(10-15)33(61)62)25(39)55(49-13)35-42-36(44-37(65)43-35)56-26(40)23(14(2)50-56)46-48-28-24(41-3)30(67-5)52-54(28)16-7-9-18(32(59)60)20(11-16)34(63)64;;;;;/h6-11H,39-40H2,1-2,4-5H3,(H,57,58)(H,59,60)(H,61,62)(H,63,64)(H,42,43,44,65);;;;;/q;5*+1/p-5. The first-order chi connectivity index (χ1) is 31.9. The molecule has 7 rings (SSSR count). The van der Waals surface area contributed by atoms with Crippen LogP contribution in [-0.2, 0) is 0 Å². The summed E-state index contributed by atoms with van der Waals surface area (Å²) in [5.74, 6) is -9.05. The van der Waals surface area contributed by atoms with Gasteiger partial charge in [-0.3, -0.25) is 0 Å². The van der Waals surface area contributed by atoms with Crippen molar-refractivity contribution in [1.29, 1.82) is 5.26 Å². The number of azo groups is 2. The van der Waals surface area contributed by atoms with Crippen LogP contribution in [-0.4, -0.2) is 90.5 Å². The number of nitrogens with two attached hydrogens (primary N) is 2. The minimum atomic E-state index is -1.82. The first kappa shape index (κ1) is 61.6. The Morgan fingerprint density at radius 3 is 1.42 bits per heavy atom. The normalized spacial score (nSPS) is 10.5. The van der Waals surface area contributed by atoms with E-state index in [0.29, 0.717) is 0 Å². The van der Waals surface area contributed by atoms with Gasteiger partial charge in [-0.25, -0.2) is 24.2 Å². The summed E-state index contributed by atoms with van der Waals surface area (Å²) in [4.78, 5) is 62.0. The minimum Gasteiger partial charge on any atom is -0.844 e. The van der Waals surface area contributed by atoms with E-state index in [2.05, 4.69) is 60.6 Å². The molecule has 5 aromatic heterocycles. The quantitative estimate of drug-likeness (QED) is 0.0442. The monoisotopic (exact) mass is 975 g/mol. The van der Waals surface area contributed by atoms with Crippen LogP contribution >= 0.6 is 23.5 Å². The van der Waals surface area contributed by atoms with Crippen molar-refractivity contribution in [2.24, 2.45) is 20.5 Å². The number of hydrogen-bond acceptors (Lipinski definition) is 25. The van der Waals surface area contributed by atoms with E-state index < -0.39 is 64.0 Å². The van der Waals surface area contributed by atoms with E-state index >= 15 is 0 Å². The van der Waals surface area contributed by atoms with E-state index in [4.69, 9.17) is 18.0 Å². The Bertz CT molecular complexity index is 3220. The number of rotatable bonds is 14. The third-order valence-electron chi connectivity index (χ3n) is 9.21. The van der Waals surface area contributed by atoms with Gasteiger partial charge < -0.3 is 56.2 Å².